The van der Waals surface area contributed by atoms with Crippen molar-refractivity contribution in [2.24, 2.45) is 11.3 Å². The Morgan fingerprint density at radius 1 is 1.33 bits per heavy atom. The lowest BCUT2D eigenvalue weighted by atomic mass is 9.78. The highest BCUT2D eigenvalue weighted by atomic mass is 15.2. The zero-order chi connectivity index (χ0) is 13.2. The first-order valence-corrected chi connectivity index (χ1v) is 7.66. The Balaban J connectivity index is 1.93. The number of hydrogen-bond donors (Lipinski definition) is 1. The van der Waals surface area contributed by atoms with Gasteiger partial charge in [-0.05, 0) is 51.2 Å². The van der Waals surface area contributed by atoms with Crippen LogP contribution in [0.3, 0.4) is 0 Å². The lowest BCUT2D eigenvalue weighted by Gasteiger charge is -2.40. The highest BCUT2D eigenvalue weighted by molar-refractivity contribution is 4.93. The second-order valence-corrected chi connectivity index (χ2v) is 6.84. The van der Waals surface area contributed by atoms with E-state index < -0.39 is 0 Å². The predicted octanol–water partition coefficient (Wildman–Crippen LogP) is 1.65. The molecular formula is C15H31N3. The van der Waals surface area contributed by atoms with E-state index in [0.29, 0.717) is 5.41 Å². The van der Waals surface area contributed by atoms with Crippen LogP contribution in [0.15, 0.2) is 0 Å². The predicted molar refractivity (Wildman–Crippen MR) is 77.9 cm³/mol. The summed E-state index contributed by atoms with van der Waals surface area (Å²) < 4.78 is 0. The summed E-state index contributed by atoms with van der Waals surface area (Å²) in [5.41, 5.74) is 0.541. The Bertz CT molecular complexity index is 258. The number of rotatable bonds is 4. The molecule has 1 N–H and O–H groups in total. The van der Waals surface area contributed by atoms with Crippen molar-refractivity contribution in [3.63, 3.8) is 0 Å². The van der Waals surface area contributed by atoms with Crippen LogP contribution in [0.4, 0.5) is 0 Å². The summed E-state index contributed by atoms with van der Waals surface area (Å²) in [5.74, 6) is 0.811. The molecule has 2 rings (SSSR count). The molecule has 0 bridgehead atoms. The van der Waals surface area contributed by atoms with E-state index in [-0.39, 0.29) is 0 Å². The minimum Gasteiger partial charge on any atom is -0.316 e. The van der Waals surface area contributed by atoms with Gasteiger partial charge in [-0.1, -0.05) is 13.8 Å². The fourth-order valence-electron chi connectivity index (χ4n) is 3.90. The third-order valence-electron chi connectivity index (χ3n) is 5.18. The van der Waals surface area contributed by atoms with E-state index in [4.69, 9.17) is 0 Å². The third kappa shape index (κ3) is 3.06. The van der Waals surface area contributed by atoms with Gasteiger partial charge in [-0.2, -0.15) is 0 Å². The van der Waals surface area contributed by atoms with Gasteiger partial charge in [-0.3, -0.25) is 0 Å². The molecule has 0 aliphatic carbocycles. The highest BCUT2D eigenvalue weighted by Gasteiger charge is 2.37. The standard InChI is InChI=1S/C15H31N3/c1-5-15(7-6-8-16-11-15)12-18-9-13(2)14(10-18)17(3)4/h13-14,16H,5-12H2,1-4H3. The van der Waals surface area contributed by atoms with Crippen LogP contribution in [-0.2, 0) is 0 Å². The van der Waals surface area contributed by atoms with Crippen LogP contribution in [0.1, 0.15) is 33.1 Å². The molecular weight excluding hydrogens is 222 g/mol. The van der Waals surface area contributed by atoms with Crippen LogP contribution in [0.2, 0.25) is 0 Å². The summed E-state index contributed by atoms with van der Waals surface area (Å²) in [6, 6.07) is 0.746. The normalized spacial score (nSPS) is 38.5. The molecule has 3 nitrogen and oxygen atoms in total. The van der Waals surface area contributed by atoms with Gasteiger partial charge in [0.05, 0.1) is 0 Å². The van der Waals surface area contributed by atoms with E-state index in [2.05, 4.69) is 43.1 Å². The van der Waals surface area contributed by atoms with Gasteiger partial charge in [-0.25, -0.2) is 0 Å². The van der Waals surface area contributed by atoms with Crippen LogP contribution < -0.4 is 5.32 Å². The molecule has 0 spiro atoms. The summed E-state index contributed by atoms with van der Waals surface area (Å²) >= 11 is 0. The molecule has 3 atom stereocenters. The van der Waals surface area contributed by atoms with Crippen LogP contribution in [-0.4, -0.2) is 62.7 Å². The molecule has 18 heavy (non-hydrogen) atoms. The van der Waals surface area contributed by atoms with Crippen molar-refractivity contribution in [1.82, 2.24) is 15.1 Å². The lowest BCUT2D eigenvalue weighted by molar-refractivity contribution is 0.122. The molecule has 2 aliphatic rings. The largest absolute Gasteiger partial charge is 0.316 e. The number of nitrogens with one attached hydrogen (secondary N) is 1. The Morgan fingerprint density at radius 2 is 2.11 bits per heavy atom. The number of piperidine rings is 1. The van der Waals surface area contributed by atoms with Crippen LogP contribution in [0.25, 0.3) is 0 Å². The zero-order valence-electron chi connectivity index (χ0n) is 12.7. The van der Waals surface area contributed by atoms with Crippen molar-refractivity contribution in [2.75, 3.05) is 46.8 Å². The molecule has 106 valence electrons. The fourth-order valence-corrected chi connectivity index (χ4v) is 3.90. The maximum absolute atomic E-state index is 3.61. The molecule has 0 aromatic carbocycles. The summed E-state index contributed by atoms with van der Waals surface area (Å²) in [6.45, 7) is 11.1. The summed E-state index contributed by atoms with van der Waals surface area (Å²) in [4.78, 5) is 5.12. The average Bonchev–Trinajstić information content (AvgIpc) is 2.71. The Kier molecular flexibility index (Phi) is 4.68. The molecule has 0 saturated carbocycles. The fraction of sp³-hybridized carbons (Fsp3) is 1.00. The summed E-state index contributed by atoms with van der Waals surface area (Å²) in [7, 11) is 4.45. The quantitative estimate of drug-likeness (QED) is 0.822. The van der Waals surface area contributed by atoms with E-state index in [0.717, 1.165) is 12.0 Å². The second kappa shape index (κ2) is 5.89. The lowest BCUT2D eigenvalue weighted by Crippen LogP contribution is -2.47. The molecule has 2 saturated heterocycles. The zero-order valence-corrected chi connectivity index (χ0v) is 12.7. The molecule has 2 fully saturated rings. The molecule has 2 aliphatic heterocycles. The number of hydrogen-bond acceptors (Lipinski definition) is 3. The minimum atomic E-state index is 0.541. The van der Waals surface area contributed by atoms with Gasteiger partial charge in [-0.15, -0.1) is 0 Å². The van der Waals surface area contributed by atoms with Crippen molar-refractivity contribution < 1.29 is 0 Å². The van der Waals surface area contributed by atoms with Crippen LogP contribution in [0, 0.1) is 11.3 Å². The van der Waals surface area contributed by atoms with Gasteiger partial charge >= 0.3 is 0 Å². The molecule has 3 heteroatoms. The van der Waals surface area contributed by atoms with Gasteiger partial charge < -0.3 is 15.1 Å². The first kappa shape index (κ1) is 14.3. The maximum atomic E-state index is 3.61. The SMILES string of the molecule is CCC1(CN2CC(C)C(N(C)C)C2)CCCNC1. The Morgan fingerprint density at radius 3 is 2.61 bits per heavy atom. The van der Waals surface area contributed by atoms with E-state index in [1.165, 1.54) is 52.0 Å². The van der Waals surface area contributed by atoms with Crippen LogP contribution in [0.5, 0.6) is 0 Å². The molecule has 0 aromatic heterocycles. The Labute approximate surface area is 113 Å². The molecule has 0 radical (unpaired) electrons. The Hall–Kier alpha value is -0.120. The van der Waals surface area contributed by atoms with Gasteiger partial charge in [0.15, 0.2) is 0 Å². The molecule has 0 aromatic rings. The van der Waals surface area contributed by atoms with E-state index in [1.807, 2.05) is 0 Å². The summed E-state index contributed by atoms with van der Waals surface area (Å²) in [5, 5.41) is 3.61. The van der Waals surface area contributed by atoms with Crippen LogP contribution >= 0.6 is 0 Å². The average molecular weight is 253 g/mol. The first-order valence-electron chi connectivity index (χ1n) is 7.66. The first-order chi connectivity index (χ1) is 8.56. The van der Waals surface area contributed by atoms with Crippen molar-refractivity contribution in [3.05, 3.63) is 0 Å². The summed E-state index contributed by atoms with van der Waals surface area (Å²) in [6.07, 6.45) is 4.08. The van der Waals surface area contributed by atoms with E-state index >= 15 is 0 Å². The topological polar surface area (TPSA) is 18.5 Å². The van der Waals surface area contributed by atoms with Gasteiger partial charge in [0.2, 0.25) is 0 Å². The number of likely N-dealkylation sites (N-methyl/N-ethyl adjacent to an activating group) is 1. The van der Waals surface area contributed by atoms with Crippen molar-refractivity contribution in [1.29, 1.82) is 0 Å². The molecule has 0 amide bonds. The number of likely N-dealkylation sites (tertiary alicyclic amines) is 1. The number of nitrogens with zero attached hydrogens (tertiary/aromatic N) is 2. The van der Waals surface area contributed by atoms with Crippen molar-refractivity contribution >= 4 is 0 Å². The second-order valence-electron chi connectivity index (χ2n) is 6.84. The molecule has 3 unspecified atom stereocenters. The monoisotopic (exact) mass is 253 g/mol. The van der Waals surface area contributed by atoms with E-state index in [1.54, 1.807) is 0 Å². The molecule has 2 heterocycles. The highest BCUT2D eigenvalue weighted by Crippen LogP contribution is 2.33. The van der Waals surface area contributed by atoms with Crippen molar-refractivity contribution in [3.8, 4) is 0 Å². The van der Waals surface area contributed by atoms with E-state index in [9.17, 15) is 0 Å². The maximum Gasteiger partial charge on any atom is 0.0254 e. The van der Waals surface area contributed by atoms with Crippen molar-refractivity contribution in [2.45, 2.75) is 39.2 Å². The van der Waals surface area contributed by atoms with Gasteiger partial charge in [0.25, 0.3) is 0 Å². The van der Waals surface area contributed by atoms with Gasteiger partial charge in [0, 0.05) is 32.2 Å². The van der Waals surface area contributed by atoms with Gasteiger partial charge in [0.1, 0.15) is 0 Å². The minimum absolute atomic E-state index is 0.541. The smallest absolute Gasteiger partial charge is 0.0254 e. The third-order valence-corrected chi connectivity index (χ3v) is 5.18.